The standard InChI is InChI=1S/C22H32N6O2.C2H3N/c1-5-14(4)20(27-13-12-17(26-27)22(29)30)25-21-16(6-2)24-19(23)18(7-3)28(21)15-10-8-9-11-15;1-2-3/h6,12-13,15,18H,5,7-11H2,1-4H3,(H2,23,24)(H,29,30);1H3/b16-6+,20-14-,25-21+;/t18-;/m1./s1. The third-order valence-corrected chi connectivity index (χ3v) is 5.93. The molecule has 1 aromatic heterocycles. The second kappa shape index (κ2) is 12.0. The van der Waals surface area contributed by atoms with Gasteiger partial charge in [-0.05, 0) is 51.2 Å². The van der Waals surface area contributed by atoms with Crippen molar-refractivity contribution in [2.45, 2.75) is 85.2 Å². The van der Waals surface area contributed by atoms with E-state index in [0.29, 0.717) is 17.7 Å². The zero-order chi connectivity index (χ0) is 24.5. The number of carbonyl (C=O) groups is 1. The molecular formula is C24H35N7O2. The minimum absolute atomic E-state index is 0.00550. The van der Waals surface area contributed by atoms with E-state index in [2.05, 4.69) is 21.9 Å². The molecule has 0 amide bonds. The van der Waals surface area contributed by atoms with Crippen molar-refractivity contribution in [1.82, 2.24) is 14.7 Å². The first-order chi connectivity index (χ1) is 15.8. The summed E-state index contributed by atoms with van der Waals surface area (Å²) in [7, 11) is 0. The SMILES string of the molecule is C/C=C1/N=C(N)[C@@H](CC)N(C2CCCC2)/C1=N/C(=C(\C)CC)n1ccc(C(=O)O)n1.CC#N. The number of allylic oxidation sites excluding steroid dienone is 2. The van der Waals surface area contributed by atoms with Crippen LogP contribution in [0.5, 0.6) is 0 Å². The lowest BCUT2D eigenvalue weighted by atomic mass is 10.0. The number of nitrogens with two attached hydrogens (primary N) is 1. The van der Waals surface area contributed by atoms with Crippen LogP contribution < -0.4 is 5.73 Å². The molecule has 1 aliphatic carbocycles. The Labute approximate surface area is 196 Å². The highest BCUT2D eigenvalue weighted by atomic mass is 16.4. The van der Waals surface area contributed by atoms with Crippen molar-refractivity contribution in [3.05, 3.63) is 35.3 Å². The Morgan fingerprint density at radius 2 is 2.03 bits per heavy atom. The molecule has 0 unspecified atom stereocenters. The molecule has 9 nitrogen and oxygen atoms in total. The quantitative estimate of drug-likeness (QED) is 0.655. The van der Waals surface area contributed by atoms with Gasteiger partial charge in [-0.15, -0.1) is 0 Å². The molecule has 1 aliphatic heterocycles. The summed E-state index contributed by atoms with van der Waals surface area (Å²) in [5.41, 5.74) is 8.11. The highest BCUT2D eigenvalue weighted by Gasteiger charge is 2.37. The first-order valence-electron chi connectivity index (χ1n) is 11.5. The Kier molecular flexibility index (Phi) is 9.40. The van der Waals surface area contributed by atoms with Gasteiger partial charge in [-0.25, -0.2) is 19.5 Å². The van der Waals surface area contributed by atoms with Crippen LogP contribution in [0.15, 0.2) is 39.6 Å². The van der Waals surface area contributed by atoms with Gasteiger partial charge in [0.25, 0.3) is 0 Å². The van der Waals surface area contributed by atoms with E-state index in [4.69, 9.17) is 16.0 Å². The molecule has 1 aromatic rings. The number of hydrogen-bond donors (Lipinski definition) is 2. The fourth-order valence-electron chi connectivity index (χ4n) is 4.17. The molecule has 0 saturated heterocycles. The second-order valence-electron chi connectivity index (χ2n) is 8.05. The number of aromatic nitrogens is 2. The lowest BCUT2D eigenvalue weighted by Crippen LogP contribution is -2.55. The molecule has 9 heteroatoms. The minimum atomic E-state index is -1.06. The third-order valence-electron chi connectivity index (χ3n) is 5.93. The summed E-state index contributed by atoms with van der Waals surface area (Å²) in [5.74, 6) is 0.993. The van der Waals surface area contributed by atoms with E-state index in [-0.39, 0.29) is 11.7 Å². The van der Waals surface area contributed by atoms with E-state index >= 15 is 0 Å². The van der Waals surface area contributed by atoms with E-state index in [1.807, 2.05) is 26.8 Å². The molecular weight excluding hydrogens is 418 g/mol. The molecule has 0 aromatic carbocycles. The summed E-state index contributed by atoms with van der Waals surface area (Å²) in [6.07, 6.45) is 9.81. The van der Waals surface area contributed by atoms with Crippen molar-refractivity contribution in [2.75, 3.05) is 0 Å². The predicted octanol–water partition coefficient (Wildman–Crippen LogP) is 4.41. The van der Waals surface area contributed by atoms with Gasteiger partial charge in [0, 0.05) is 19.2 Å². The zero-order valence-electron chi connectivity index (χ0n) is 20.2. The smallest absolute Gasteiger partial charge is 0.356 e. The van der Waals surface area contributed by atoms with Crippen LogP contribution in [0.3, 0.4) is 0 Å². The lowest BCUT2D eigenvalue weighted by Gasteiger charge is -2.41. The number of carboxylic acids is 1. The van der Waals surface area contributed by atoms with Crippen LogP contribution in [0.1, 0.15) is 83.6 Å². The Balaban J connectivity index is 0.00000122. The summed E-state index contributed by atoms with van der Waals surface area (Å²) in [4.78, 5) is 23.4. The second-order valence-corrected chi connectivity index (χ2v) is 8.05. The fourth-order valence-corrected chi connectivity index (χ4v) is 4.17. The summed E-state index contributed by atoms with van der Waals surface area (Å²) >= 11 is 0. The van der Waals surface area contributed by atoms with Crippen molar-refractivity contribution >= 4 is 23.5 Å². The lowest BCUT2D eigenvalue weighted by molar-refractivity contribution is 0.0690. The van der Waals surface area contributed by atoms with Crippen molar-refractivity contribution in [1.29, 1.82) is 5.26 Å². The first-order valence-corrected chi connectivity index (χ1v) is 11.5. The van der Waals surface area contributed by atoms with Crippen LogP contribution in [0.25, 0.3) is 5.82 Å². The Morgan fingerprint density at radius 1 is 1.39 bits per heavy atom. The number of aromatic carboxylic acids is 1. The number of aliphatic imine (C=N–C) groups is 2. The van der Waals surface area contributed by atoms with Gasteiger partial charge in [0.2, 0.25) is 0 Å². The molecule has 3 rings (SSSR count). The average Bonchev–Trinajstić information content (AvgIpc) is 3.50. The third kappa shape index (κ3) is 5.89. The summed E-state index contributed by atoms with van der Waals surface area (Å²) in [6, 6.07) is 3.61. The van der Waals surface area contributed by atoms with Crippen molar-refractivity contribution in [3.8, 4) is 6.07 Å². The van der Waals surface area contributed by atoms with E-state index in [0.717, 1.165) is 42.8 Å². The highest BCUT2D eigenvalue weighted by molar-refractivity contribution is 6.08. The molecule has 2 aliphatic rings. The molecule has 0 bridgehead atoms. The Hall–Kier alpha value is -3.41. The van der Waals surface area contributed by atoms with Gasteiger partial charge in [-0.3, -0.25) is 0 Å². The molecule has 1 saturated carbocycles. The average molecular weight is 454 g/mol. The van der Waals surface area contributed by atoms with Crippen LogP contribution in [0.2, 0.25) is 0 Å². The van der Waals surface area contributed by atoms with Crippen LogP contribution >= 0.6 is 0 Å². The summed E-state index contributed by atoms with van der Waals surface area (Å²) in [5, 5.41) is 20.8. The van der Waals surface area contributed by atoms with Gasteiger partial charge in [0.05, 0.1) is 12.1 Å². The monoisotopic (exact) mass is 453 g/mol. The number of rotatable bonds is 6. The van der Waals surface area contributed by atoms with Crippen molar-refractivity contribution < 1.29 is 9.90 Å². The molecule has 1 fully saturated rings. The highest BCUT2D eigenvalue weighted by Crippen LogP contribution is 2.32. The summed E-state index contributed by atoms with van der Waals surface area (Å²) < 4.78 is 1.55. The maximum Gasteiger partial charge on any atom is 0.356 e. The van der Waals surface area contributed by atoms with Gasteiger partial charge in [0.15, 0.2) is 17.4 Å². The molecule has 3 N–H and O–H groups in total. The molecule has 33 heavy (non-hydrogen) atoms. The number of hydrogen-bond acceptors (Lipinski definition) is 6. The number of amidine groups is 2. The Bertz CT molecular complexity index is 1000. The number of carboxylic acid groups (broad SMARTS) is 1. The zero-order valence-corrected chi connectivity index (χ0v) is 20.2. The molecule has 2 heterocycles. The van der Waals surface area contributed by atoms with Gasteiger partial charge in [0.1, 0.15) is 11.5 Å². The van der Waals surface area contributed by atoms with Crippen LogP contribution in [0, 0.1) is 11.3 Å². The van der Waals surface area contributed by atoms with Crippen LogP contribution in [-0.2, 0) is 0 Å². The largest absolute Gasteiger partial charge is 0.476 e. The summed E-state index contributed by atoms with van der Waals surface area (Å²) in [6.45, 7) is 9.53. The van der Waals surface area contributed by atoms with Crippen molar-refractivity contribution in [3.63, 3.8) is 0 Å². The molecule has 178 valence electrons. The maximum atomic E-state index is 11.3. The predicted molar refractivity (Wildman–Crippen MR) is 131 cm³/mol. The number of nitrogens with zero attached hydrogens (tertiary/aromatic N) is 6. The van der Waals surface area contributed by atoms with Crippen LogP contribution in [0.4, 0.5) is 0 Å². The normalized spacial score (nSPS) is 21.9. The first kappa shape index (κ1) is 25.8. The van der Waals surface area contributed by atoms with Gasteiger partial charge in [-0.2, -0.15) is 10.4 Å². The fraction of sp³-hybridized carbons (Fsp3) is 0.542. The van der Waals surface area contributed by atoms with Gasteiger partial charge in [-0.1, -0.05) is 32.8 Å². The molecule has 0 radical (unpaired) electrons. The van der Waals surface area contributed by atoms with Gasteiger partial charge < -0.3 is 15.7 Å². The Morgan fingerprint density at radius 3 is 2.52 bits per heavy atom. The topological polar surface area (TPSA) is 133 Å². The van der Waals surface area contributed by atoms with Gasteiger partial charge >= 0.3 is 5.97 Å². The minimum Gasteiger partial charge on any atom is -0.476 e. The molecule has 0 spiro atoms. The molecule has 1 atom stereocenters. The number of nitriles is 1. The van der Waals surface area contributed by atoms with Crippen LogP contribution in [-0.4, -0.2) is 49.5 Å². The van der Waals surface area contributed by atoms with Crippen molar-refractivity contribution in [2.24, 2.45) is 15.7 Å². The van der Waals surface area contributed by atoms with E-state index in [1.165, 1.54) is 25.8 Å². The van der Waals surface area contributed by atoms with E-state index in [9.17, 15) is 9.90 Å². The maximum absolute atomic E-state index is 11.3. The van der Waals surface area contributed by atoms with E-state index < -0.39 is 5.97 Å². The van der Waals surface area contributed by atoms with E-state index in [1.54, 1.807) is 16.9 Å².